The first-order valence-corrected chi connectivity index (χ1v) is 12.4. The number of anilines is 1. The molecule has 0 saturated carbocycles. The smallest absolute Gasteiger partial charge is 0.258 e. The Hall–Kier alpha value is -4.01. The molecule has 186 valence electrons. The van der Waals surface area contributed by atoms with Gasteiger partial charge in [0.15, 0.2) is 0 Å². The average molecular weight is 486 g/mol. The fourth-order valence-corrected chi connectivity index (χ4v) is 5.02. The van der Waals surface area contributed by atoms with Gasteiger partial charge in [0.25, 0.3) is 5.91 Å². The van der Waals surface area contributed by atoms with Crippen molar-refractivity contribution in [2.75, 3.05) is 18.4 Å². The number of pyridine rings is 1. The van der Waals surface area contributed by atoms with Gasteiger partial charge in [-0.3, -0.25) is 24.6 Å². The second-order valence-electron chi connectivity index (χ2n) is 9.67. The molecule has 1 saturated heterocycles. The van der Waals surface area contributed by atoms with Gasteiger partial charge in [-0.05, 0) is 70.4 Å². The number of likely N-dealkylation sites (tertiary alicyclic amines) is 1. The minimum absolute atomic E-state index is 0.0477. The zero-order valence-electron chi connectivity index (χ0n) is 20.9. The Balaban J connectivity index is 1.64. The summed E-state index contributed by atoms with van der Waals surface area (Å²) in [5, 5.41) is 8.61. The third kappa shape index (κ3) is 4.36. The molecule has 0 radical (unpaired) electrons. The second kappa shape index (κ2) is 9.56. The topological polar surface area (TPSA) is 97.9 Å². The zero-order valence-corrected chi connectivity index (χ0v) is 20.9. The highest BCUT2D eigenvalue weighted by atomic mass is 16.2. The van der Waals surface area contributed by atoms with Crippen molar-refractivity contribution < 1.29 is 9.59 Å². The van der Waals surface area contributed by atoms with E-state index in [0.717, 1.165) is 46.9 Å². The maximum absolute atomic E-state index is 13.2. The molecule has 0 bridgehead atoms. The summed E-state index contributed by atoms with van der Waals surface area (Å²) in [6, 6.07) is 7.72. The zero-order chi connectivity index (χ0) is 25.4. The van der Waals surface area contributed by atoms with Gasteiger partial charge in [0, 0.05) is 42.0 Å². The quantitative estimate of drug-likeness (QED) is 0.415. The summed E-state index contributed by atoms with van der Waals surface area (Å²) in [4.78, 5) is 36.6. The standard InChI is InChI=1S/C27H31N7O2/c1-5-25(35)32-11-7-6-8-21(16-32)33-24-13-20-15-29-34(17(2)3)23(20)14-22(24)30-27(33)31-26(36)19-9-10-28-18(4)12-19/h5,9-10,12-15,17,21H,1,6-8,11,16H2,2-4H3,(H,30,31,36)/t21-/m1/s1. The Morgan fingerprint density at radius 1 is 1.19 bits per heavy atom. The molecule has 0 spiro atoms. The largest absolute Gasteiger partial charge is 0.337 e. The molecule has 1 aliphatic rings. The van der Waals surface area contributed by atoms with Gasteiger partial charge in [-0.2, -0.15) is 5.10 Å². The van der Waals surface area contributed by atoms with Crippen LogP contribution in [0.5, 0.6) is 0 Å². The lowest BCUT2D eigenvalue weighted by Gasteiger charge is -2.26. The Labute approximate surface area is 209 Å². The van der Waals surface area contributed by atoms with E-state index < -0.39 is 0 Å². The van der Waals surface area contributed by atoms with Gasteiger partial charge in [0.05, 0.1) is 28.8 Å². The van der Waals surface area contributed by atoms with Crippen LogP contribution in [0.4, 0.5) is 5.95 Å². The van der Waals surface area contributed by atoms with Crippen molar-refractivity contribution in [1.29, 1.82) is 0 Å². The van der Waals surface area contributed by atoms with E-state index in [2.05, 4.69) is 46.5 Å². The Bertz CT molecular complexity index is 1470. The summed E-state index contributed by atoms with van der Waals surface area (Å²) in [6.07, 6.45) is 7.62. The molecule has 9 nitrogen and oxygen atoms in total. The lowest BCUT2D eigenvalue weighted by molar-refractivity contribution is -0.126. The van der Waals surface area contributed by atoms with Gasteiger partial charge in [-0.15, -0.1) is 0 Å². The van der Waals surface area contributed by atoms with E-state index >= 15 is 0 Å². The van der Waals surface area contributed by atoms with Crippen LogP contribution >= 0.6 is 0 Å². The highest BCUT2D eigenvalue weighted by molar-refractivity contribution is 6.04. The highest BCUT2D eigenvalue weighted by Crippen LogP contribution is 2.33. The van der Waals surface area contributed by atoms with E-state index in [0.29, 0.717) is 24.6 Å². The summed E-state index contributed by atoms with van der Waals surface area (Å²) in [6.45, 7) is 10.9. The molecule has 2 amide bonds. The number of fused-ring (bicyclic) bond motifs is 2. The van der Waals surface area contributed by atoms with Gasteiger partial charge in [-0.1, -0.05) is 6.58 Å². The lowest BCUT2D eigenvalue weighted by Crippen LogP contribution is -2.34. The number of nitrogens with one attached hydrogen (secondary N) is 1. The van der Waals surface area contributed by atoms with Crippen molar-refractivity contribution in [3.8, 4) is 0 Å². The SMILES string of the molecule is C=CC(=O)N1CCCC[C@@H](n2c(NC(=O)c3ccnc(C)c3)nc3cc4c(cnn4C(C)C)cc32)C1. The molecule has 0 unspecified atom stereocenters. The van der Waals surface area contributed by atoms with E-state index in [9.17, 15) is 9.59 Å². The van der Waals surface area contributed by atoms with Crippen LogP contribution in [0.2, 0.25) is 0 Å². The first kappa shape index (κ1) is 23.7. The van der Waals surface area contributed by atoms with Crippen LogP contribution in [0.3, 0.4) is 0 Å². The minimum Gasteiger partial charge on any atom is -0.337 e. The van der Waals surface area contributed by atoms with Crippen molar-refractivity contribution >= 4 is 39.7 Å². The molecule has 4 aromatic rings. The van der Waals surface area contributed by atoms with E-state index in [1.165, 1.54) is 6.08 Å². The van der Waals surface area contributed by atoms with Crippen LogP contribution in [0.1, 0.15) is 61.2 Å². The highest BCUT2D eigenvalue weighted by Gasteiger charge is 2.27. The minimum atomic E-state index is -0.248. The lowest BCUT2D eigenvalue weighted by atomic mass is 10.1. The van der Waals surface area contributed by atoms with Gasteiger partial charge in [0.2, 0.25) is 11.9 Å². The third-order valence-electron chi connectivity index (χ3n) is 6.78. The Morgan fingerprint density at radius 2 is 2.03 bits per heavy atom. The number of carbonyl (C=O) groups is 2. The van der Waals surface area contributed by atoms with Crippen molar-refractivity contribution in [2.24, 2.45) is 0 Å². The molecule has 36 heavy (non-hydrogen) atoms. The molecular formula is C27H31N7O2. The average Bonchev–Trinajstić information content (AvgIpc) is 3.33. The summed E-state index contributed by atoms with van der Waals surface area (Å²) in [5.41, 5.74) is 3.96. The summed E-state index contributed by atoms with van der Waals surface area (Å²) >= 11 is 0. The third-order valence-corrected chi connectivity index (χ3v) is 6.78. The summed E-state index contributed by atoms with van der Waals surface area (Å²) in [5.74, 6) is 0.145. The predicted octanol–water partition coefficient (Wildman–Crippen LogP) is 4.66. The number of aryl methyl sites for hydroxylation is 1. The van der Waals surface area contributed by atoms with Crippen LogP contribution in [0.25, 0.3) is 21.9 Å². The molecule has 1 atom stereocenters. The normalized spacial score (nSPS) is 16.4. The molecule has 3 aromatic heterocycles. The summed E-state index contributed by atoms with van der Waals surface area (Å²) < 4.78 is 4.06. The number of carbonyl (C=O) groups excluding carboxylic acids is 2. The molecule has 1 aliphatic heterocycles. The maximum atomic E-state index is 13.2. The van der Waals surface area contributed by atoms with Crippen LogP contribution < -0.4 is 5.32 Å². The molecule has 5 rings (SSSR count). The number of aromatic nitrogens is 5. The van der Waals surface area contributed by atoms with Gasteiger partial charge in [-0.25, -0.2) is 4.98 Å². The molecule has 1 N–H and O–H groups in total. The van der Waals surface area contributed by atoms with E-state index in [1.54, 1.807) is 18.3 Å². The second-order valence-corrected chi connectivity index (χ2v) is 9.67. The molecule has 4 heterocycles. The molecule has 1 fully saturated rings. The number of nitrogens with zero attached hydrogens (tertiary/aromatic N) is 6. The number of hydrogen-bond donors (Lipinski definition) is 1. The Morgan fingerprint density at radius 3 is 2.78 bits per heavy atom. The van der Waals surface area contributed by atoms with Crippen LogP contribution in [-0.4, -0.2) is 54.1 Å². The number of benzene rings is 1. The monoisotopic (exact) mass is 485 g/mol. The van der Waals surface area contributed by atoms with E-state index in [-0.39, 0.29) is 23.9 Å². The predicted molar refractivity (Wildman–Crippen MR) is 140 cm³/mol. The van der Waals surface area contributed by atoms with Gasteiger partial charge in [0.1, 0.15) is 0 Å². The first-order valence-electron chi connectivity index (χ1n) is 12.4. The maximum Gasteiger partial charge on any atom is 0.258 e. The fraction of sp³-hybridized carbons (Fsp3) is 0.370. The first-order chi connectivity index (χ1) is 17.4. The number of hydrogen-bond acceptors (Lipinski definition) is 5. The van der Waals surface area contributed by atoms with Crippen molar-refractivity contribution in [2.45, 2.75) is 52.1 Å². The van der Waals surface area contributed by atoms with Crippen molar-refractivity contribution in [1.82, 2.24) is 29.2 Å². The summed E-state index contributed by atoms with van der Waals surface area (Å²) in [7, 11) is 0. The number of rotatable bonds is 5. The van der Waals surface area contributed by atoms with Crippen LogP contribution in [-0.2, 0) is 4.79 Å². The van der Waals surface area contributed by atoms with E-state index in [4.69, 9.17) is 4.98 Å². The number of imidazole rings is 1. The van der Waals surface area contributed by atoms with Gasteiger partial charge >= 0.3 is 0 Å². The fourth-order valence-electron chi connectivity index (χ4n) is 5.02. The molecule has 0 aliphatic carbocycles. The molecular weight excluding hydrogens is 454 g/mol. The Kier molecular flexibility index (Phi) is 6.30. The number of amides is 2. The van der Waals surface area contributed by atoms with E-state index in [1.807, 2.05) is 28.8 Å². The molecule has 9 heteroatoms. The molecule has 1 aromatic carbocycles. The van der Waals surface area contributed by atoms with Crippen LogP contribution in [0, 0.1) is 6.92 Å². The van der Waals surface area contributed by atoms with Crippen molar-refractivity contribution in [3.63, 3.8) is 0 Å². The van der Waals surface area contributed by atoms with Gasteiger partial charge < -0.3 is 9.47 Å². The van der Waals surface area contributed by atoms with Crippen LogP contribution in [0.15, 0.2) is 49.3 Å². The van der Waals surface area contributed by atoms with Crippen molar-refractivity contribution in [3.05, 3.63) is 60.6 Å².